The lowest BCUT2D eigenvalue weighted by Gasteiger charge is -2.19. The van der Waals surface area contributed by atoms with Crippen molar-refractivity contribution in [3.63, 3.8) is 0 Å². The highest BCUT2D eigenvalue weighted by molar-refractivity contribution is 5.93. The van der Waals surface area contributed by atoms with Crippen molar-refractivity contribution in [3.05, 3.63) is 52.6 Å². The van der Waals surface area contributed by atoms with Crippen molar-refractivity contribution < 1.29 is 5.11 Å². The molecule has 128 valence electrons. The normalized spacial score (nSPS) is 17.2. The molecule has 7 heteroatoms. The zero-order valence-electron chi connectivity index (χ0n) is 13.9. The molecule has 7 nitrogen and oxygen atoms in total. The Morgan fingerprint density at radius 2 is 2.20 bits per heavy atom. The first-order chi connectivity index (χ1) is 12.1. The van der Waals surface area contributed by atoms with Crippen molar-refractivity contribution >= 4 is 28.2 Å². The number of nitrogens with one attached hydrogen (secondary N) is 2. The molecular weight excluding hydrogens is 318 g/mol. The van der Waals surface area contributed by atoms with E-state index < -0.39 is 6.10 Å². The standard InChI is InChI=1S/C18H19N5O2/c1-11-2-5-19-14(8-11)21-15-9-12-3-6-20-18(25)16(12)17(22-15)23-7-4-13(24)10-23/h2-3,5-6,8-9,13,24H,4,7,10H2,1H3,(H,20,25)(H,19,21,22). The number of aliphatic hydroxyl groups is 1. The van der Waals surface area contributed by atoms with E-state index in [1.54, 1.807) is 12.4 Å². The SMILES string of the molecule is Cc1ccnc(Nc2cc3cc[nH]c(=O)c3c(N3CCC(O)C3)n2)c1. The molecule has 0 bridgehead atoms. The van der Waals surface area contributed by atoms with Gasteiger partial charge in [0.1, 0.15) is 17.5 Å². The van der Waals surface area contributed by atoms with Gasteiger partial charge in [0.25, 0.3) is 5.56 Å². The Kier molecular flexibility index (Phi) is 3.85. The van der Waals surface area contributed by atoms with E-state index in [-0.39, 0.29) is 5.56 Å². The summed E-state index contributed by atoms with van der Waals surface area (Å²) in [4.78, 5) is 25.9. The molecule has 25 heavy (non-hydrogen) atoms. The number of nitrogens with zero attached hydrogens (tertiary/aromatic N) is 3. The largest absolute Gasteiger partial charge is 0.391 e. The van der Waals surface area contributed by atoms with Crippen LogP contribution in [0.25, 0.3) is 10.8 Å². The fourth-order valence-electron chi connectivity index (χ4n) is 3.16. The number of pyridine rings is 3. The minimum Gasteiger partial charge on any atom is -0.391 e. The maximum atomic E-state index is 12.3. The van der Waals surface area contributed by atoms with Gasteiger partial charge in [-0.05, 0) is 48.6 Å². The molecule has 4 rings (SSSR count). The number of aromatic nitrogens is 3. The molecule has 1 atom stereocenters. The zero-order chi connectivity index (χ0) is 17.4. The van der Waals surface area contributed by atoms with Crippen LogP contribution in [-0.2, 0) is 0 Å². The van der Waals surface area contributed by atoms with Crippen LogP contribution in [0.15, 0.2) is 41.5 Å². The average molecular weight is 337 g/mol. The molecule has 0 saturated carbocycles. The number of hydrogen-bond acceptors (Lipinski definition) is 6. The Labute approximate surface area is 144 Å². The van der Waals surface area contributed by atoms with E-state index in [4.69, 9.17) is 0 Å². The number of H-pyrrole nitrogens is 1. The summed E-state index contributed by atoms with van der Waals surface area (Å²) >= 11 is 0. The van der Waals surface area contributed by atoms with Gasteiger partial charge in [0.15, 0.2) is 0 Å². The summed E-state index contributed by atoms with van der Waals surface area (Å²) in [6.07, 6.45) is 3.64. The van der Waals surface area contributed by atoms with Gasteiger partial charge in [0.2, 0.25) is 0 Å². The van der Waals surface area contributed by atoms with Crippen molar-refractivity contribution in [1.29, 1.82) is 0 Å². The second kappa shape index (κ2) is 6.18. The van der Waals surface area contributed by atoms with Gasteiger partial charge < -0.3 is 20.3 Å². The highest BCUT2D eigenvalue weighted by Gasteiger charge is 2.24. The molecule has 1 aliphatic rings. The third-order valence-electron chi connectivity index (χ3n) is 4.37. The van der Waals surface area contributed by atoms with Gasteiger partial charge in [-0.1, -0.05) is 0 Å². The molecule has 1 saturated heterocycles. The van der Waals surface area contributed by atoms with E-state index in [0.717, 1.165) is 10.9 Å². The quantitative estimate of drug-likeness (QED) is 0.676. The summed E-state index contributed by atoms with van der Waals surface area (Å²) in [7, 11) is 0. The van der Waals surface area contributed by atoms with Crippen molar-refractivity contribution in [2.45, 2.75) is 19.4 Å². The maximum absolute atomic E-state index is 12.3. The second-order valence-electron chi connectivity index (χ2n) is 6.33. The summed E-state index contributed by atoms with van der Waals surface area (Å²) in [6, 6.07) is 7.55. The predicted molar refractivity (Wildman–Crippen MR) is 97.5 cm³/mol. The monoisotopic (exact) mass is 337 g/mol. The van der Waals surface area contributed by atoms with Gasteiger partial charge in [-0.25, -0.2) is 9.97 Å². The van der Waals surface area contributed by atoms with Crippen LogP contribution >= 0.6 is 0 Å². The first-order valence-electron chi connectivity index (χ1n) is 8.25. The van der Waals surface area contributed by atoms with E-state index in [0.29, 0.717) is 42.4 Å². The minimum absolute atomic E-state index is 0.179. The lowest BCUT2D eigenvalue weighted by Crippen LogP contribution is -2.24. The molecule has 0 aromatic carbocycles. The number of hydrogen-bond donors (Lipinski definition) is 3. The molecular formula is C18H19N5O2. The third kappa shape index (κ3) is 3.06. The van der Waals surface area contributed by atoms with E-state index in [9.17, 15) is 9.90 Å². The van der Waals surface area contributed by atoms with Crippen molar-refractivity contribution in [2.24, 2.45) is 0 Å². The molecule has 3 aromatic heterocycles. The lowest BCUT2D eigenvalue weighted by atomic mass is 10.2. The summed E-state index contributed by atoms with van der Waals surface area (Å²) < 4.78 is 0. The van der Waals surface area contributed by atoms with Gasteiger partial charge in [0, 0.05) is 25.5 Å². The lowest BCUT2D eigenvalue weighted by molar-refractivity contribution is 0.198. The fourth-order valence-corrected chi connectivity index (χ4v) is 3.16. The minimum atomic E-state index is -0.394. The number of fused-ring (bicyclic) bond motifs is 1. The number of aromatic amines is 1. The highest BCUT2D eigenvalue weighted by Crippen LogP contribution is 2.28. The second-order valence-corrected chi connectivity index (χ2v) is 6.33. The number of β-amino-alcohol motifs (C(OH)–C–C–N with tert-alkyl or cyclic N) is 1. The molecule has 1 unspecified atom stereocenters. The number of rotatable bonds is 3. The summed E-state index contributed by atoms with van der Waals surface area (Å²) in [6.45, 7) is 3.14. The highest BCUT2D eigenvalue weighted by atomic mass is 16.3. The number of anilines is 3. The molecule has 0 amide bonds. The molecule has 0 spiro atoms. The van der Waals surface area contributed by atoms with Gasteiger partial charge in [-0.2, -0.15) is 0 Å². The fraction of sp³-hybridized carbons (Fsp3) is 0.278. The van der Waals surface area contributed by atoms with Crippen LogP contribution in [0.1, 0.15) is 12.0 Å². The number of aliphatic hydroxyl groups excluding tert-OH is 1. The van der Waals surface area contributed by atoms with E-state index in [2.05, 4.69) is 20.3 Å². The van der Waals surface area contributed by atoms with Gasteiger partial charge >= 0.3 is 0 Å². The van der Waals surface area contributed by atoms with Crippen molar-refractivity contribution in [3.8, 4) is 0 Å². The third-order valence-corrected chi connectivity index (χ3v) is 4.37. The van der Waals surface area contributed by atoms with Gasteiger partial charge in [-0.15, -0.1) is 0 Å². The summed E-state index contributed by atoms with van der Waals surface area (Å²) in [5.74, 6) is 1.91. The topological polar surface area (TPSA) is 94.1 Å². The molecule has 3 N–H and O–H groups in total. The smallest absolute Gasteiger partial charge is 0.259 e. The van der Waals surface area contributed by atoms with Crippen molar-refractivity contribution in [1.82, 2.24) is 15.0 Å². The van der Waals surface area contributed by atoms with Crippen LogP contribution in [0.4, 0.5) is 17.5 Å². The molecule has 1 fully saturated rings. The summed E-state index contributed by atoms with van der Waals surface area (Å²) in [5, 5.41) is 14.4. The zero-order valence-corrected chi connectivity index (χ0v) is 13.9. The Morgan fingerprint density at radius 3 is 2.96 bits per heavy atom. The Bertz CT molecular complexity index is 985. The van der Waals surface area contributed by atoms with E-state index in [1.807, 2.05) is 36.1 Å². The average Bonchev–Trinajstić information content (AvgIpc) is 3.01. The number of aryl methyl sites for hydroxylation is 1. The Morgan fingerprint density at radius 1 is 1.32 bits per heavy atom. The Hall–Kier alpha value is -2.93. The molecule has 4 heterocycles. The molecule has 1 aliphatic heterocycles. The van der Waals surface area contributed by atoms with E-state index in [1.165, 1.54) is 0 Å². The van der Waals surface area contributed by atoms with Crippen LogP contribution in [0, 0.1) is 6.92 Å². The summed E-state index contributed by atoms with van der Waals surface area (Å²) in [5.41, 5.74) is 0.916. The van der Waals surface area contributed by atoms with Crippen LogP contribution in [-0.4, -0.2) is 39.3 Å². The van der Waals surface area contributed by atoms with Crippen molar-refractivity contribution in [2.75, 3.05) is 23.3 Å². The molecule has 3 aromatic rings. The van der Waals surface area contributed by atoms with Crippen LogP contribution in [0.2, 0.25) is 0 Å². The van der Waals surface area contributed by atoms with Crippen LogP contribution < -0.4 is 15.8 Å². The Balaban J connectivity index is 1.82. The van der Waals surface area contributed by atoms with Gasteiger partial charge in [-0.3, -0.25) is 4.79 Å². The van der Waals surface area contributed by atoms with E-state index >= 15 is 0 Å². The van der Waals surface area contributed by atoms with Crippen LogP contribution in [0.5, 0.6) is 0 Å². The van der Waals surface area contributed by atoms with Crippen LogP contribution in [0.3, 0.4) is 0 Å². The predicted octanol–water partition coefficient (Wildman–Crippen LogP) is 1.94. The first kappa shape index (κ1) is 15.6. The molecule has 0 radical (unpaired) electrons. The maximum Gasteiger partial charge on any atom is 0.259 e. The first-order valence-corrected chi connectivity index (χ1v) is 8.25. The molecule has 0 aliphatic carbocycles. The van der Waals surface area contributed by atoms with Gasteiger partial charge in [0.05, 0.1) is 11.5 Å².